The molecule has 0 spiro atoms. The molecule has 19 heavy (non-hydrogen) atoms. The lowest BCUT2D eigenvalue weighted by Crippen LogP contribution is -2.13. The second kappa shape index (κ2) is 5.42. The quantitative estimate of drug-likeness (QED) is 0.901. The fourth-order valence-electron chi connectivity index (χ4n) is 1.67. The highest BCUT2D eigenvalue weighted by molar-refractivity contribution is 7.92. The molecule has 1 atom stereocenters. The van der Waals surface area contributed by atoms with Crippen LogP contribution in [-0.2, 0) is 10.0 Å². The lowest BCUT2D eigenvalue weighted by molar-refractivity contribution is 0.601. The molecule has 0 aromatic heterocycles. The summed E-state index contributed by atoms with van der Waals surface area (Å²) >= 11 is 0. The van der Waals surface area contributed by atoms with E-state index < -0.39 is 10.0 Å². The Kier molecular flexibility index (Phi) is 3.87. The van der Waals surface area contributed by atoms with Crippen LogP contribution in [0.15, 0.2) is 59.5 Å². The first-order valence-corrected chi connectivity index (χ1v) is 7.41. The largest absolute Gasteiger partial charge is 0.324 e. The molecule has 0 saturated carbocycles. The van der Waals surface area contributed by atoms with E-state index in [2.05, 4.69) is 4.72 Å². The van der Waals surface area contributed by atoms with Gasteiger partial charge in [0.1, 0.15) is 0 Å². The van der Waals surface area contributed by atoms with Crippen molar-refractivity contribution in [1.82, 2.24) is 0 Å². The van der Waals surface area contributed by atoms with Gasteiger partial charge < -0.3 is 5.73 Å². The van der Waals surface area contributed by atoms with Crippen molar-refractivity contribution in [3.63, 3.8) is 0 Å². The second-order valence-corrected chi connectivity index (χ2v) is 6.01. The first kappa shape index (κ1) is 13.6. The Hall–Kier alpha value is -1.85. The molecular weight excluding hydrogens is 260 g/mol. The number of hydrogen-bond donors (Lipinski definition) is 2. The molecule has 4 nitrogen and oxygen atoms in total. The molecule has 0 saturated heterocycles. The van der Waals surface area contributed by atoms with Crippen LogP contribution < -0.4 is 10.5 Å². The van der Waals surface area contributed by atoms with Gasteiger partial charge in [0, 0.05) is 11.7 Å². The van der Waals surface area contributed by atoms with Gasteiger partial charge in [-0.2, -0.15) is 0 Å². The van der Waals surface area contributed by atoms with Gasteiger partial charge in [0.15, 0.2) is 0 Å². The first-order chi connectivity index (χ1) is 8.99. The fourth-order valence-corrected chi connectivity index (χ4v) is 2.73. The molecule has 2 rings (SSSR count). The zero-order valence-corrected chi connectivity index (χ0v) is 11.4. The number of anilines is 1. The summed E-state index contributed by atoms with van der Waals surface area (Å²) < 4.78 is 26.8. The molecule has 100 valence electrons. The summed E-state index contributed by atoms with van der Waals surface area (Å²) in [5.41, 5.74) is 7.17. The van der Waals surface area contributed by atoms with Crippen LogP contribution in [0.2, 0.25) is 0 Å². The van der Waals surface area contributed by atoms with Crippen molar-refractivity contribution in [3.05, 3.63) is 60.2 Å². The van der Waals surface area contributed by atoms with Gasteiger partial charge in [0.2, 0.25) is 0 Å². The van der Waals surface area contributed by atoms with Crippen molar-refractivity contribution in [2.75, 3.05) is 4.72 Å². The second-order valence-electron chi connectivity index (χ2n) is 4.33. The van der Waals surface area contributed by atoms with Crippen molar-refractivity contribution in [1.29, 1.82) is 0 Å². The highest BCUT2D eigenvalue weighted by Crippen LogP contribution is 2.18. The summed E-state index contributed by atoms with van der Waals surface area (Å²) in [6.45, 7) is 1.85. The van der Waals surface area contributed by atoms with Crippen molar-refractivity contribution in [2.45, 2.75) is 17.9 Å². The van der Waals surface area contributed by atoms with Gasteiger partial charge >= 0.3 is 0 Å². The van der Waals surface area contributed by atoms with Crippen molar-refractivity contribution in [3.8, 4) is 0 Å². The molecule has 0 aliphatic carbocycles. The summed E-state index contributed by atoms with van der Waals surface area (Å²) in [5.74, 6) is 0. The smallest absolute Gasteiger partial charge is 0.261 e. The minimum Gasteiger partial charge on any atom is -0.324 e. The molecule has 0 bridgehead atoms. The maximum atomic E-state index is 12.1. The molecule has 0 radical (unpaired) electrons. The van der Waals surface area contributed by atoms with E-state index in [0.29, 0.717) is 5.69 Å². The minimum atomic E-state index is -3.55. The first-order valence-electron chi connectivity index (χ1n) is 5.92. The highest BCUT2D eigenvalue weighted by atomic mass is 32.2. The summed E-state index contributed by atoms with van der Waals surface area (Å²) in [7, 11) is -3.55. The van der Waals surface area contributed by atoms with Crippen molar-refractivity contribution >= 4 is 15.7 Å². The summed E-state index contributed by atoms with van der Waals surface area (Å²) in [6.07, 6.45) is 0. The maximum Gasteiger partial charge on any atom is 0.261 e. The Balaban J connectivity index is 2.25. The van der Waals surface area contributed by atoms with Gasteiger partial charge in [-0.25, -0.2) is 8.42 Å². The average Bonchev–Trinajstić information content (AvgIpc) is 2.39. The zero-order chi connectivity index (χ0) is 13.9. The number of hydrogen-bond acceptors (Lipinski definition) is 3. The zero-order valence-electron chi connectivity index (χ0n) is 10.6. The summed E-state index contributed by atoms with van der Waals surface area (Å²) in [4.78, 5) is 0.223. The minimum absolute atomic E-state index is 0.112. The molecule has 2 aromatic rings. The third-order valence-corrected chi connectivity index (χ3v) is 4.14. The van der Waals surface area contributed by atoms with E-state index in [4.69, 9.17) is 5.73 Å². The van der Waals surface area contributed by atoms with Gasteiger partial charge in [-0.1, -0.05) is 30.3 Å². The van der Waals surface area contributed by atoms with Gasteiger partial charge in [-0.3, -0.25) is 4.72 Å². The fraction of sp³-hybridized carbons (Fsp3) is 0.143. The molecular formula is C14H16N2O2S. The topological polar surface area (TPSA) is 72.2 Å². The van der Waals surface area contributed by atoms with Gasteiger partial charge in [-0.15, -0.1) is 0 Å². The van der Waals surface area contributed by atoms with Crippen LogP contribution in [0, 0.1) is 0 Å². The van der Waals surface area contributed by atoms with E-state index in [-0.39, 0.29) is 10.9 Å². The highest BCUT2D eigenvalue weighted by Gasteiger charge is 2.14. The van der Waals surface area contributed by atoms with E-state index in [1.165, 1.54) is 0 Å². The van der Waals surface area contributed by atoms with E-state index in [9.17, 15) is 8.42 Å². The van der Waals surface area contributed by atoms with Crippen LogP contribution in [0.5, 0.6) is 0 Å². The molecule has 5 heteroatoms. The van der Waals surface area contributed by atoms with Crippen LogP contribution in [0.25, 0.3) is 0 Å². The van der Waals surface area contributed by atoms with E-state index in [1.54, 1.807) is 48.5 Å². The predicted octanol–water partition coefficient (Wildman–Crippen LogP) is 2.51. The monoisotopic (exact) mass is 276 g/mol. The molecule has 1 unspecified atom stereocenters. The Morgan fingerprint density at radius 2 is 1.58 bits per heavy atom. The Labute approximate surface area is 113 Å². The summed E-state index contributed by atoms with van der Waals surface area (Å²) in [5, 5.41) is 0. The van der Waals surface area contributed by atoms with Crippen LogP contribution in [0.3, 0.4) is 0 Å². The van der Waals surface area contributed by atoms with E-state index in [0.717, 1.165) is 5.56 Å². The molecule has 0 amide bonds. The number of benzene rings is 2. The molecule has 0 aliphatic heterocycles. The summed E-state index contributed by atoms with van der Waals surface area (Å²) in [6, 6.07) is 15.2. The SMILES string of the molecule is CC(N)c1ccc(S(=O)(=O)Nc2ccccc2)cc1. The average molecular weight is 276 g/mol. The van der Waals surface area contributed by atoms with Crippen LogP contribution in [0.1, 0.15) is 18.5 Å². The van der Waals surface area contributed by atoms with Gasteiger partial charge in [-0.05, 0) is 36.8 Å². The maximum absolute atomic E-state index is 12.1. The molecule has 3 N–H and O–H groups in total. The molecule has 0 aliphatic rings. The number of para-hydroxylation sites is 1. The van der Waals surface area contributed by atoms with E-state index >= 15 is 0 Å². The standard InChI is InChI=1S/C14H16N2O2S/c1-11(15)12-7-9-14(10-8-12)19(17,18)16-13-5-3-2-4-6-13/h2-11,16H,15H2,1H3. The third-order valence-electron chi connectivity index (χ3n) is 2.74. The lowest BCUT2D eigenvalue weighted by atomic mass is 10.1. The Bertz CT molecular complexity index is 635. The number of sulfonamides is 1. The number of rotatable bonds is 4. The van der Waals surface area contributed by atoms with Crippen molar-refractivity contribution < 1.29 is 8.42 Å². The predicted molar refractivity (Wildman–Crippen MR) is 76.3 cm³/mol. The number of nitrogens with one attached hydrogen (secondary N) is 1. The Morgan fingerprint density at radius 3 is 2.11 bits per heavy atom. The molecule has 2 aromatic carbocycles. The lowest BCUT2D eigenvalue weighted by Gasteiger charge is -2.09. The Morgan fingerprint density at radius 1 is 1.00 bits per heavy atom. The van der Waals surface area contributed by atoms with Crippen LogP contribution in [-0.4, -0.2) is 8.42 Å². The number of nitrogens with two attached hydrogens (primary N) is 1. The van der Waals surface area contributed by atoms with E-state index in [1.807, 2.05) is 13.0 Å². The van der Waals surface area contributed by atoms with Crippen LogP contribution in [0.4, 0.5) is 5.69 Å². The third kappa shape index (κ3) is 3.33. The molecule has 0 fully saturated rings. The van der Waals surface area contributed by atoms with Gasteiger partial charge in [0.25, 0.3) is 10.0 Å². The molecule has 0 heterocycles. The normalized spacial score (nSPS) is 12.9. The van der Waals surface area contributed by atoms with Crippen LogP contribution >= 0.6 is 0 Å². The van der Waals surface area contributed by atoms with Gasteiger partial charge in [0.05, 0.1) is 4.90 Å². The van der Waals surface area contributed by atoms with Crippen molar-refractivity contribution in [2.24, 2.45) is 5.73 Å².